The number of aromatic carboxylic acids is 1. The molecule has 2 aliphatic heterocycles. The molecule has 2 aliphatic rings. The molecule has 2 heterocycles. The van der Waals surface area contributed by atoms with Gasteiger partial charge in [0, 0.05) is 30.3 Å². The van der Waals surface area contributed by atoms with Gasteiger partial charge in [0.15, 0.2) is 0 Å². The van der Waals surface area contributed by atoms with Gasteiger partial charge in [-0.05, 0) is 100 Å². The third-order valence-corrected chi connectivity index (χ3v) is 6.94. The predicted molar refractivity (Wildman–Crippen MR) is 148 cm³/mol. The van der Waals surface area contributed by atoms with Crippen molar-refractivity contribution in [2.45, 2.75) is 59.8 Å². The van der Waals surface area contributed by atoms with Crippen LogP contribution >= 0.6 is 31.9 Å². The smallest absolute Gasteiger partial charge is 0.335 e. The molecule has 188 valence electrons. The minimum absolute atomic E-state index is 0.170. The number of carboxylic acids is 1. The van der Waals surface area contributed by atoms with Gasteiger partial charge in [0.25, 0.3) is 5.91 Å². The maximum atomic E-state index is 12.0. The molecule has 5 nitrogen and oxygen atoms in total. The number of halogens is 2. The molecule has 7 heteroatoms. The number of nitrogens with one attached hydrogen (secondary N) is 1. The maximum Gasteiger partial charge on any atom is 0.335 e. The summed E-state index contributed by atoms with van der Waals surface area (Å²) in [6, 6.07) is 10.7. The summed E-state index contributed by atoms with van der Waals surface area (Å²) in [6.07, 6.45) is 5.70. The second-order valence-electron chi connectivity index (χ2n) is 8.10. The van der Waals surface area contributed by atoms with Crippen LogP contribution < -0.4 is 5.32 Å². The average molecular weight is 601 g/mol. The number of carbonyl (C=O) groups is 2. The number of hydrogen-bond donors (Lipinski definition) is 2. The highest BCUT2D eigenvalue weighted by Gasteiger charge is 2.19. The van der Waals surface area contributed by atoms with Crippen molar-refractivity contribution in [3.8, 4) is 0 Å². The van der Waals surface area contributed by atoms with E-state index in [9.17, 15) is 9.59 Å². The van der Waals surface area contributed by atoms with Gasteiger partial charge in [-0.25, -0.2) is 4.79 Å². The largest absolute Gasteiger partial charge is 0.478 e. The second-order valence-corrected chi connectivity index (χ2v) is 9.81. The zero-order valence-corrected chi connectivity index (χ0v) is 23.5. The highest BCUT2D eigenvalue weighted by Crippen LogP contribution is 2.20. The molecule has 0 aliphatic carbocycles. The molecule has 2 fully saturated rings. The number of rotatable bonds is 2. The van der Waals surface area contributed by atoms with E-state index in [1.165, 1.54) is 25.9 Å². The van der Waals surface area contributed by atoms with Crippen LogP contribution in [0.2, 0.25) is 0 Å². The Morgan fingerprint density at radius 2 is 1.47 bits per heavy atom. The molecule has 2 N–H and O–H groups in total. The first-order chi connectivity index (χ1) is 17.1. The van der Waals surface area contributed by atoms with Crippen LogP contribution in [0, 0.1) is 13.8 Å². The van der Waals surface area contributed by atoms with E-state index in [0.29, 0.717) is 12.0 Å². The molecule has 2 saturated heterocycles. The lowest BCUT2D eigenvalue weighted by Gasteiger charge is -2.15. The van der Waals surface area contributed by atoms with Crippen LogP contribution in [-0.4, -0.2) is 48.1 Å². The van der Waals surface area contributed by atoms with Gasteiger partial charge >= 0.3 is 5.97 Å². The molecule has 2 aromatic rings. The molecule has 1 amide bonds. The summed E-state index contributed by atoms with van der Waals surface area (Å²) in [4.78, 5) is 24.4. The van der Waals surface area contributed by atoms with Crippen molar-refractivity contribution in [1.29, 1.82) is 0 Å². The quantitative estimate of drug-likeness (QED) is 0.381. The van der Waals surface area contributed by atoms with E-state index in [4.69, 9.17) is 7.85 Å². The summed E-state index contributed by atoms with van der Waals surface area (Å²) in [7, 11) is 0. The van der Waals surface area contributed by atoms with Crippen molar-refractivity contribution < 1.29 is 17.4 Å². The van der Waals surface area contributed by atoms with E-state index in [1.54, 1.807) is 18.2 Å². The van der Waals surface area contributed by atoms with E-state index < -0.39 is 12.8 Å². The van der Waals surface area contributed by atoms with Crippen LogP contribution in [-0.2, 0) is 0 Å². The van der Waals surface area contributed by atoms with Crippen molar-refractivity contribution >= 4 is 43.7 Å². The SMILES string of the molecule is C1CCNC1.Cc1cc(C(=O)N2CCCC2)ccc1Br.Cc1cc(C(=O)O)ccc1Br.[2H]C([3H])CC. The first kappa shape index (κ1) is 26.9. The predicted octanol–water partition coefficient (Wildman–Crippen LogP) is 7.24. The van der Waals surface area contributed by atoms with Crippen molar-refractivity contribution in [3.05, 3.63) is 67.6 Å². The van der Waals surface area contributed by atoms with Gasteiger partial charge in [-0.1, -0.05) is 52.1 Å². The lowest BCUT2D eigenvalue weighted by molar-refractivity contribution is 0.0696. The highest BCUT2D eigenvalue weighted by atomic mass is 79.9. The first-order valence-electron chi connectivity index (χ1n) is 12.8. The van der Waals surface area contributed by atoms with E-state index in [0.717, 1.165) is 51.6 Å². The Kier molecular flexibility index (Phi) is 13.3. The molecule has 4 rings (SSSR count). The van der Waals surface area contributed by atoms with Gasteiger partial charge in [0.2, 0.25) is 0 Å². The summed E-state index contributed by atoms with van der Waals surface area (Å²) in [6.45, 7) is 9.39. The van der Waals surface area contributed by atoms with Gasteiger partial charge in [-0.15, -0.1) is 0 Å². The van der Waals surface area contributed by atoms with E-state index in [2.05, 4.69) is 37.2 Å². The van der Waals surface area contributed by atoms with Crippen molar-refractivity contribution in [2.24, 2.45) is 0 Å². The van der Waals surface area contributed by atoms with Gasteiger partial charge in [-0.2, -0.15) is 0 Å². The molecule has 0 radical (unpaired) electrons. The lowest BCUT2D eigenvalue weighted by Crippen LogP contribution is -2.27. The van der Waals surface area contributed by atoms with Gasteiger partial charge in [0.05, 0.1) is 5.56 Å². The maximum absolute atomic E-state index is 12.0. The zero-order valence-electron chi connectivity index (χ0n) is 22.4. The minimum Gasteiger partial charge on any atom is -0.478 e. The molecule has 0 spiro atoms. The third kappa shape index (κ3) is 11.2. The van der Waals surface area contributed by atoms with Crippen LogP contribution in [0.4, 0.5) is 0 Å². The molecule has 1 unspecified atom stereocenters. The minimum atomic E-state index is -0.888. The van der Waals surface area contributed by atoms with Gasteiger partial charge in [0.1, 0.15) is 0 Å². The fourth-order valence-corrected chi connectivity index (χ4v) is 3.78. The van der Waals surface area contributed by atoms with E-state index in [-0.39, 0.29) is 5.91 Å². The fraction of sp³-hybridized carbons (Fsp3) is 0.481. The Morgan fingerprint density at radius 1 is 1.00 bits per heavy atom. The highest BCUT2D eigenvalue weighted by molar-refractivity contribution is 9.10. The van der Waals surface area contributed by atoms with Crippen molar-refractivity contribution in [3.63, 3.8) is 0 Å². The summed E-state index contributed by atoms with van der Waals surface area (Å²) in [5, 5.41) is 11.8. The average Bonchev–Trinajstić information content (AvgIpc) is 3.60. The standard InChI is InChI=1S/C12H14BrNO.C8H7BrO2.C4H9N.C3H8/c1-9-8-10(4-5-11(9)13)12(15)14-6-2-3-7-14;1-5-4-6(8(10)11)2-3-7(5)9;1-2-4-5-3-1;1-3-2/h4-5,8H,2-3,6-7H2,1H3;2-4H,1H3,(H,10,11);5H,1-4H2;3H2,1-2H3/i;;;1TD. The fourth-order valence-electron chi connectivity index (χ4n) is 3.28. The number of likely N-dealkylation sites (tertiary alicyclic amines) is 1. The molecule has 0 saturated carbocycles. The van der Waals surface area contributed by atoms with Crippen LogP contribution in [0.1, 0.15) is 80.5 Å². The molecule has 0 bridgehead atoms. The molecule has 0 aromatic heterocycles. The topological polar surface area (TPSA) is 69.6 Å². The lowest BCUT2D eigenvalue weighted by atomic mass is 10.1. The van der Waals surface area contributed by atoms with Crippen LogP contribution in [0.3, 0.4) is 0 Å². The van der Waals surface area contributed by atoms with Crippen LogP contribution in [0.25, 0.3) is 0 Å². The number of aryl methyl sites for hydroxylation is 2. The number of benzene rings is 2. The van der Waals surface area contributed by atoms with E-state index >= 15 is 0 Å². The summed E-state index contributed by atoms with van der Waals surface area (Å²) < 4.78 is 15.0. The number of carboxylic acid groups (broad SMARTS) is 1. The Labute approximate surface area is 224 Å². The van der Waals surface area contributed by atoms with Gasteiger partial charge < -0.3 is 15.3 Å². The third-order valence-electron chi connectivity index (χ3n) is 5.16. The second kappa shape index (κ2) is 16.8. The van der Waals surface area contributed by atoms with Crippen LogP contribution in [0.5, 0.6) is 0 Å². The Hall–Kier alpha value is -1.70. The number of carbonyl (C=O) groups excluding carboxylic acids is 1. The summed E-state index contributed by atoms with van der Waals surface area (Å²) in [5.41, 5.74) is 3.17. The van der Waals surface area contributed by atoms with E-state index in [1.807, 2.05) is 43.9 Å². The Bertz CT molecular complexity index is 956. The number of nitrogens with zero attached hydrogens (tertiary/aromatic N) is 1. The summed E-state index contributed by atoms with van der Waals surface area (Å²) in [5.74, 6) is -0.719. The molecule has 34 heavy (non-hydrogen) atoms. The van der Waals surface area contributed by atoms with Crippen molar-refractivity contribution in [1.82, 2.24) is 10.2 Å². The normalized spacial score (nSPS) is 15.9. The Morgan fingerprint density at radius 3 is 1.85 bits per heavy atom. The summed E-state index contributed by atoms with van der Waals surface area (Å²) >= 11 is 6.72. The van der Waals surface area contributed by atoms with Crippen LogP contribution in [0.15, 0.2) is 45.3 Å². The molecule has 2 aromatic carbocycles. The molecular formula is C27H38Br2N2O3. The van der Waals surface area contributed by atoms with Gasteiger partial charge in [-0.3, -0.25) is 4.79 Å². The first-order valence-corrected chi connectivity index (χ1v) is 13.3. The van der Waals surface area contributed by atoms with Crippen molar-refractivity contribution in [2.75, 3.05) is 26.2 Å². The molecular weight excluding hydrogens is 560 g/mol. The monoisotopic (exact) mass is 599 g/mol. The number of hydrogen-bond acceptors (Lipinski definition) is 3. The zero-order chi connectivity index (χ0) is 27.1. The molecule has 1 atom stereocenters. The Balaban J connectivity index is 0.000000269. The number of amides is 1.